The summed E-state index contributed by atoms with van der Waals surface area (Å²) in [5.74, 6) is 0.381. The lowest BCUT2D eigenvalue weighted by Crippen LogP contribution is -1.90. The van der Waals surface area contributed by atoms with E-state index in [4.69, 9.17) is 0 Å². The largest absolute Gasteiger partial charge is 0.508 e. The van der Waals surface area contributed by atoms with Gasteiger partial charge < -0.3 is 5.11 Å². The van der Waals surface area contributed by atoms with Crippen LogP contribution in [-0.2, 0) is 6.42 Å². The van der Waals surface area contributed by atoms with Crippen molar-refractivity contribution in [1.29, 1.82) is 0 Å². The van der Waals surface area contributed by atoms with E-state index in [-0.39, 0.29) is 0 Å². The summed E-state index contributed by atoms with van der Waals surface area (Å²) in [5, 5.41) is 9.62. The van der Waals surface area contributed by atoms with Crippen LogP contribution in [0.2, 0.25) is 0 Å². The molecule has 0 amide bonds. The fourth-order valence-corrected chi connectivity index (χ4v) is 1.33. The summed E-state index contributed by atoms with van der Waals surface area (Å²) in [6, 6.07) is 3.84. The second-order valence-electron chi connectivity index (χ2n) is 3.70. The number of phenolic OH excluding ortho intramolecular Hbond substituents is 1. The van der Waals surface area contributed by atoms with Crippen molar-refractivity contribution < 1.29 is 5.11 Å². The highest BCUT2D eigenvalue weighted by molar-refractivity contribution is 5.42. The monoisotopic (exact) mass is 176 g/mol. The van der Waals surface area contributed by atoms with Gasteiger partial charge in [-0.25, -0.2) is 0 Å². The molecule has 0 fully saturated rings. The predicted octanol–water partition coefficient (Wildman–Crippen LogP) is 3.13. The first-order valence-corrected chi connectivity index (χ1v) is 4.44. The first kappa shape index (κ1) is 9.85. The van der Waals surface area contributed by atoms with Gasteiger partial charge in [-0.05, 0) is 49.9 Å². The molecule has 0 radical (unpaired) electrons. The summed E-state index contributed by atoms with van der Waals surface area (Å²) in [6.45, 7) is 9.85. The Labute approximate surface area is 79.7 Å². The van der Waals surface area contributed by atoms with Crippen LogP contribution in [0.1, 0.15) is 23.6 Å². The van der Waals surface area contributed by atoms with Crippen molar-refractivity contribution >= 4 is 0 Å². The maximum Gasteiger partial charge on any atom is 0.119 e. The van der Waals surface area contributed by atoms with Crippen LogP contribution in [0.4, 0.5) is 0 Å². The highest BCUT2D eigenvalue weighted by Crippen LogP contribution is 2.23. The molecule has 0 heterocycles. The van der Waals surface area contributed by atoms with Gasteiger partial charge in [0.05, 0.1) is 0 Å². The van der Waals surface area contributed by atoms with Crippen LogP contribution in [0.5, 0.6) is 5.75 Å². The molecule has 0 aliphatic rings. The Hall–Kier alpha value is -1.24. The zero-order valence-electron chi connectivity index (χ0n) is 8.52. The van der Waals surface area contributed by atoms with E-state index in [0.29, 0.717) is 5.75 Å². The Morgan fingerprint density at radius 1 is 1.31 bits per heavy atom. The van der Waals surface area contributed by atoms with Crippen molar-refractivity contribution in [2.45, 2.75) is 27.2 Å². The minimum atomic E-state index is 0.381. The third kappa shape index (κ3) is 2.35. The molecule has 0 bridgehead atoms. The highest BCUT2D eigenvalue weighted by Gasteiger charge is 2.03. The molecular weight excluding hydrogens is 160 g/mol. The Morgan fingerprint density at radius 3 is 2.38 bits per heavy atom. The van der Waals surface area contributed by atoms with Gasteiger partial charge >= 0.3 is 0 Å². The summed E-state index contributed by atoms with van der Waals surface area (Å²) in [4.78, 5) is 0. The van der Waals surface area contributed by atoms with Crippen molar-refractivity contribution in [1.82, 2.24) is 0 Å². The minimum Gasteiger partial charge on any atom is -0.508 e. The zero-order valence-corrected chi connectivity index (χ0v) is 8.52. The number of aromatic hydroxyl groups is 1. The van der Waals surface area contributed by atoms with E-state index in [1.54, 1.807) is 0 Å². The van der Waals surface area contributed by atoms with Crippen molar-refractivity contribution in [2.24, 2.45) is 0 Å². The minimum absolute atomic E-state index is 0.381. The van der Waals surface area contributed by atoms with Gasteiger partial charge in [0.1, 0.15) is 5.75 Å². The Kier molecular flexibility index (Phi) is 2.76. The molecule has 0 atom stereocenters. The molecule has 1 aromatic rings. The summed E-state index contributed by atoms with van der Waals surface area (Å²) in [6.07, 6.45) is 0.757. The van der Waals surface area contributed by atoms with Gasteiger partial charge in [0.25, 0.3) is 0 Å². The average Bonchev–Trinajstić information content (AvgIpc) is 1.99. The second kappa shape index (κ2) is 3.65. The molecule has 1 rings (SSSR count). The maximum absolute atomic E-state index is 9.62. The molecule has 1 heteroatoms. The van der Waals surface area contributed by atoms with Gasteiger partial charge in [-0.2, -0.15) is 0 Å². The van der Waals surface area contributed by atoms with E-state index in [1.165, 1.54) is 5.56 Å². The lowest BCUT2D eigenvalue weighted by molar-refractivity contribution is 0.468. The highest BCUT2D eigenvalue weighted by atomic mass is 16.3. The van der Waals surface area contributed by atoms with Gasteiger partial charge in [0.15, 0.2) is 0 Å². The maximum atomic E-state index is 9.62. The Bertz CT molecular complexity index is 337. The van der Waals surface area contributed by atoms with Gasteiger partial charge in [0.2, 0.25) is 0 Å². The summed E-state index contributed by atoms with van der Waals surface area (Å²) < 4.78 is 0. The van der Waals surface area contributed by atoms with Crippen LogP contribution in [0.3, 0.4) is 0 Å². The van der Waals surface area contributed by atoms with E-state index >= 15 is 0 Å². The van der Waals surface area contributed by atoms with Gasteiger partial charge in [0, 0.05) is 0 Å². The summed E-state index contributed by atoms with van der Waals surface area (Å²) in [5.41, 5.74) is 4.38. The molecule has 0 aliphatic carbocycles. The molecule has 0 saturated heterocycles. The number of aryl methyl sites for hydroxylation is 2. The quantitative estimate of drug-likeness (QED) is 0.686. The van der Waals surface area contributed by atoms with Gasteiger partial charge in [-0.3, -0.25) is 0 Å². The molecule has 1 aromatic carbocycles. The lowest BCUT2D eigenvalue weighted by atomic mass is 10.0. The number of hydrogen-bond acceptors (Lipinski definition) is 1. The van der Waals surface area contributed by atoms with E-state index < -0.39 is 0 Å². The van der Waals surface area contributed by atoms with Gasteiger partial charge in [-0.1, -0.05) is 18.2 Å². The number of benzene rings is 1. The third-order valence-corrected chi connectivity index (χ3v) is 2.19. The van der Waals surface area contributed by atoms with Gasteiger partial charge in [-0.15, -0.1) is 0 Å². The van der Waals surface area contributed by atoms with Crippen molar-refractivity contribution in [2.75, 3.05) is 0 Å². The first-order chi connectivity index (χ1) is 6.00. The molecule has 0 aromatic heterocycles. The van der Waals surface area contributed by atoms with Crippen LogP contribution in [0.15, 0.2) is 24.3 Å². The molecular formula is C12H16O. The molecule has 0 spiro atoms. The van der Waals surface area contributed by atoms with E-state index in [9.17, 15) is 5.11 Å². The zero-order chi connectivity index (χ0) is 10.0. The summed E-state index contributed by atoms with van der Waals surface area (Å²) in [7, 11) is 0. The van der Waals surface area contributed by atoms with Crippen LogP contribution in [-0.4, -0.2) is 5.11 Å². The smallest absolute Gasteiger partial charge is 0.119 e. The third-order valence-electron chi connectivity index (χ3n) is 2.19. The summed E-state index contributed by atoms with van der Waals surface area (Å²) >= 11 is 0. The topological polar surface area (TPSA) is 20.2 Å². The van der Waals surface area contributed by atoms with Crippen LogP contribution in [0.25, 0.3) is 0 Å². The molecule has 70 valence electrons. The predicted molar refractivity (Wildman–Crippen MR) is 56.1 cm³/mol. The lowest BCUT2D eigenvalue weighted by Gasteiger charge is -2.07. The Morgan fingerprint density at radius 2 is 1.85 bits per heavy atom. The number of hydrogen-bond donors (Lipinski definition) is 1. The second-order valence-corrected chi connectivity index (χ2v) is 3.70. The van der Waals surface area contributed by atoms with Crippen LogP contribution < -0.4 is 0 Å². The molecule has 0 saturated carbocycles. The number of allylic oxidation sites excluding steroid dienone is 1. The first-order valence-electron chi connectivity index (χ1n) is 4.44. The molecule has 13 heavy (non-hydrogen) atoms. The van der Waals surface area contributed by atoms with E-state index in [2.05, 4.69) is 13.5 Å². The fourth-order valence-electron chi connectivity index (χ4n) is 1.33. The van der Waals surface area contributed by atoms with Crippen LogP contribution in [0, 0.1) is 13.8 Å². The van der Waals surface area contributed by atoms with E-state index in [0.717, 1.165) is 23.1 Å². The number of phenols is 1. The van der Waals surface area contributed by atoms with Crippen molar-refractivity contribution in [3.8, 4) is 5.75 Å². The Balaban J connectivity index is 3.08. The standard InChI is InChI=1S/C12H16O/c1-8(2)5-11-6-9(3)10(4)7-12(11)13/h6-7,13H,1,5H2,2-4H3. The fraction of sp³-hybridized carbons (Fsp3) is 0.333. The van der Waals surface area contributed by atoms with Crippen LogP contribution >= 0.6 is 0 Å². The number of rotatable bonds is 2. The average molecular weight is 176 g/mol. The molecule has 1 N–H and O–H groups in total. The molecule has 0 aliphatic heterocycles. The molecule has 1 nitrogen and oxygen atoms in total. The molecule has 0 unspecified atom stereocenters. The SMILES string of the molecule is C=C(C)Cc1cc(C)c(C)cc1O. The normalized spacial score (nSPS) is 10.1. The van der Waals surface area contributed by atoms with E-state index in [1.807, 2.05) is 26.0 Å². The van der Waals surface area contributed by atoms with Crippen molar-refractivity contribution in [3.05, 3.63) is 41.0 Å². The van der Waals surface area contributed by atoms with Crippen molar-refractivity contribution in [3.63, 3.8) is 0 Å².